The molecule has 0 unspecified atom stereocenters. The number of nitrogens with one attached hydrogen (secondary N) is 1. The zero-order valence-corrected chi connectivity index (χ0v) is 13.7. The maximum Gasteiger partial charge on any atom is 0.352 e. The number of rotatable bonds is 4. The van der Waals surface area contributed by atoms with Gasteiger partial charge in [0.1, 0.15) is 11.5 Å². The average Bonchev–Trinajstić information content (AvgIpc) is 2.57. The zero-order valence-electron chi connectivity index (χ0n) is 13.7. The van der Waals surface area contributed by atoms with Crippen molar-refractivity contribution in [2.75, 3.05) is 5.32 Å². The van der Waals surface area contributed by atoms with Gasteiger partial charge >= 0.3 is 5.97 Å². The molecule has 5 nitrogen and oxygen atoms in total. The van der Waals surface area contributed by atoms with Gasteiger partial charge in [0.15, 0.2) is 6.10 Å². The van der Waals surface area contributed by atoms with E-state index in [4.69, 9.17) is 9.47 Å². The minimum Gasteiger partial charge on any atom is -0.479 e. The van der Waals surface area contributed by atoms with Crippen LogP contribution in [0.5, 0.6) is 11.5 Å². The van der Waals surface area contributed by atoms with E-state index in [0.717, 1.165) is 16.8 Å². The van der Waals surface area contributed by atoms with E-state index in [1.807, 2.05) is 31.2 Å². The Bertz CT molecular complexity index is 767. The Balaban J connectivity index is 1.63. The van der Waals surface area contributed by atoms with Crippen molar-refractivity contribution in [2.45, 2.75) is 32.8 Å². The van der Waals surface area contributed by atoms with Crippen molar-refractivity contribution in [3.8, 4) is 11.5 Å². The van der Waals surface area contributed by atoms with Crippen LogP contribution in [0.4, 0.5) is 5.69 Å². The Morgan fingerprint density at radius 2 is 1.79 bits per heavy atom. The van der Waals surface area contributed by atoms with Gasteiger partial charge in [-0.3, -0.25) is 4.79 Å². The number of carbonyl (C=O) groups is 2. The highest BCUT2D eigenvalue weighted by Crippen LogP contribution is 2.27. The molecule has 2 aromatic carbocycles. The van der Waals surface area contributed by atoms with E-state index in [1.165, 1.54) is 0 Å². The molecule has 2 aromatic rings. The molecular formula is C19H19NO4. The largest absolute Gasteiger partial charge is 0.479 e. The highest BCUT2D eigenvalue weighted by molar-refractivity contribution is 5.94. The van der Waals surface area contributed by atoms with Crippen LogP contribution < -0.4 is 14.8 Å². The molecule has 1 amide bonds. The lowest BCUT2D eigenvalue weighted by molar-refractivity contribution is -0.141. The summed E-state index contributed by atoms with van der Waals surface area (Å²) in [6.45, 7) is 3.64. The SMILES string of the molecule is Cc1ccc(O[C@@H](C)C(=O)Oc2ccc3c(c2)CCC(=O)N3)cc1. The number of hydrogen-bond acceptors (Lipinski definition) is 4. The molecule has 24 heavy (non-hydrogen) atoms. The molecule has 124 valence electrons. The van der Waals surface area contributed by atoms with Gasteiger partial charge in [-0.05, 0) is 56.2 Å². The van der Waals surface area contributed by atoms with Gasteiger partial charge in [-0.15, -0.1) is 0 Å². The van der Waals surface area contributed by atoms with Gasteiger partial charge in [-0.2, -0.15) is 0 Å². The summed E-state index contributed by atoms with van der Waals surface area (Å²) >= 11 is 0. The van der Waals surface area contributed by atoms with Crippen LogP contribution in [0.2, 0.25) is 0 Å². The van der Waals surface area contributed by atoms with Crippen LogP contribution in [0.15, 0.2) is 42.5 Å². The summed E-state index contributed by atoms with van der Waals surface area (Å²) in [4.78, 5) is 23.5. The summed E-state index contributed by atoms with van der Waals surface area (Å²) in [5, 5.41) is 2.80. The van der Waals surface area contributed by atoms with E-state index < -0.39 is 12.1 Å². The number of amides is 1. The van der Waals surface area contributed by atoms with Gasteiger partial charge in [0.2, 0.25) is 5.91 Å². The first-order valence-electron chi connectivity index (χ1n) is 7.89. The molecule has 0 saturated carbocycles. The molecule has 0 aromatic heterocycles. The summed E-state index contributed by atoms with van der Waals surface area (Å²) in [7, 11) is 0. The first-order valence-corrected chi connectivity index (χ1v) is 7.89. The predicted octanol–water partition coefficient (Wildman–Crippen LogP) is 3.25. The van der Waals surface area contributed by atoms with E-state index in [2.05, 4.69) is 5.32 Å². The summed E-state index contributed by atoms with van der Waals surface area (Å²) in [6.07, 6.45) is 0.364. The molecule has 1 aliphatic heterocycles. The molecule has 0 saturated heterocycles. The van der Waals surface area contributed by atoms with Gasteiger partial charge < -0.3 is 14.8 Å². The molecule has 0 radical (unpaired) electrons. The van der Waals surface area contributed by atoms with Gasteiger partial charge in [0.05, 0.1) is 0 Å². The number of hydrogen-bond donors (Lipinski definition) is 1. The molecule has 0 aliphatic carbocycles. The molecule has 1 aliphatic rings. The third-order valence-electron chi connectivity index (χ3n) is 3.86. The maximum absolute atomic E-state index is 12.2. The van der Waals surface area contributed by atoms with Crippen LogP contribution in [0.3, 0.4) is 0 Å². The lowest BCUT2D eigenvalue weighted by atomic mass is 10.0. The lowest BCUT2D eigenvalue weighted by Gasteiger charge is -2.18. The summed E-state index contributed by atoms with van der Waals surface area (Å²) in [5.74, 6) is 0.621. The first-order chi connectivity index (χ1) is 11.5. The Kier molecular flexibility index (Phi) is 4.51. The van der Waals surface area contributed by atoms with Gasteiger partial charge in [0, 0.05) is 12.1 Å². The van der Waals surface area contributed by atoms with Crippen molar-refractivity contribution < 1.29 is 19.1 Å². The third kappa shape index (κ3) is 3.74. The Labute approximate surface area is 140 Å². The standard InChI is InChI=1S/C19H19NO4/c1-12-3-6-15(7-4-12)23-13(2)19(22)24-16-8-9-17-14(11-16)5-10-18(21)20-17/h3-4,6-9,11,13H,5,10H2,1-2H3,(H,20,21)/t13-/m0/s1. The van der Waals surface area contributed by atoms with Crippen molar-refractivity contribution in [1.82, 2.24) is 0 Å². The summed E-state index contributed by atoms with van der Waals surface area (Å²) in [5.41, 5.74) is 2.86. The summed E-state index contributed by atoms with van der Waals surface area (Å²) < 4.78 is 11.0. The van der Waals surface area contributed by atoms with E-state index in [1.54, 1.807) is 25.1 Å². The van der Waals surface area contributed by atoms with E-state index in [9.17, 15) is 9.59 Å². The molecule has 1 N–H and O–H groups in total. The minimum absolute atomic E-state index is 0.00682. The molecule has 0 bridgehead atoms. The fraction of sp³-hybridized carbons (Fsp3) is 0.263. The van der Waals surface area contributed by atoms with E-state index >= 15 is 0 Å². The number of esters is 1. The van der Waals surface area contributed by atoms with Crippen LogP contribution in [0.1, 0.15) is 24.5 Å². The fourth-order valence-corrected chi connectivity index (χ4v) is 2.49. The summed E-state index contributed by atoms with van der Waals surface area (Å²) in [6, 6.07) is 12.7. The van der Waals surface area contributed by atoms with Crippen molar-refractivity contribution in [3.05, 3.63) is 53.6 Å². The topological polar surface area (TPSA) is 64.6 Å². The van der Waals surface area contributed by atoms with E-state index in [0.29, 0.717) is 24.3 Å². The molecule has 5 heteroatoms. The number of ether oxygens (including phenoxy) is 2. The van der Waals surface area contributed by atoms with Gasteiger partial charge in [-0.25, -0.2) is 4.79 Å². The number of benzene rings is 2. The van der Waals surface area contributed by atoms with Crippen LogP contribution >= 0.6 is 0 Å². The number of anilines is 1. The van der Waals surface area contributed by atoms with Gasteiger partial charge in [-0.1, -0.05) is 17.7 Å². The van der Waals surface area contributed by atoms with Crippen LogP contribution in [0.25, 0.3) is 0 Å². The second-order valence-corrected chi connectivity index (χ2v) is 5.86. The quantitative estimate of drug-likeness (QED) is 0.692. The molecule has 0 spiro atoms. The zero-order chi connectivity index (χ0) is 17.1. The number of carbonyl (C=O) groups excluding carboxylic acids is 2. The number of aryl methyl sites for hydroxylation is 2. The highest BCUT2D eigenvalue weighted by atomic mass is 16.6. The van der Waals surface area contributed by atoms with Crippen LogP contribution in [-0.4, -0.2) is 18.0 Å². The molecule has 1 atom stereocenters. The first kappa shape index (κ1) is 16.1. The van der Waals surface area contributed by atoms with Gasteiger partial charge in [0.25, 0.3) is 0 Å². The highest BCUT2D eigenvalue weighted by Gasteiger charge is 2.19. The normalized spacial score (nSPS) is 14.3. The molecule has 0 fully saturated rings. The molecular weight excluding hydrogens is 306 g/mol. The second kappa shape index (κ2) is 6.74. The predicted molar refractivity (Wildman–Crippen MR) is 90.3 cm³/mol. The lowest BCUT2D eigenvalue weighted by Crippen LogP contribution is -2.28. The fourth-order valence-electron chi connectivity index (χ4n) is 2.49. The van der Waals surface area contributed by atoms with Crippen molar-refractivity contribution in [1.29, 1.82) is 0 Å². The molecule has 3 rings (SSSR count). The minimum atomic E-state index is -0.719. The Morgan fingerprint density at radius 1 is 1.08 bits per heavy atom. The monoisotopic (exact) mass is 325 g/mol. The smallest absolute Gasteiger partial charge is 0.352 e. The van der Waals surface area contributed by atoms with Crippen molar-refractivity contribution in [2.24, 2.45) is 0 Å². The molecule has 1 heterocycles. The Morgan fingerprint density at radius 3 is 2.54 bits per heavy atom. The van der Waals surface area contributed by atoms with E-state index in [-0.39, 0.29) is 5.91 Å². The van der Waals surface area contributed by atoms with Crippen molar-refractivity contribution >= 4 is 17.6 Å². The average molecular weight is 325 g/mol. The third-order valence-corrected chi connectivity index (χ3v) is 3.86. The van der Waals surface area contributed by atoms with Crippen LogP contribution in [-0.2, 0) is 16.0 Å². The van der Waals surface area contributed by atoms with Crippen molar-refractivity contribution in [3.63, 3.8) is 0 Å². The number of fused-ring (bicyclic) bond motifs is 1. The van der Waals surface area contributed by atoms with Crippen LogP contribution in [0, 0.1) is 6.92 Å². The Hall–Kier alpha value is -2.82. The maximum atomic E-state index is 12.2. The second-order valence-electron chi connectivity index (χ2n) is 5.86.